The zero-order chi connectivity index (χ0) is 16.5. The summed E-state index contributed by atoms with van der Waals surface area (Å²) in [7, 11) is 0. The topological polar surface area (TPSA) is 12.0 Å². The van der Waals surface area contributed by atoms with Crippen molar-refractivity contribution in [2.24, 2.45) is 0 Å². The van der Waals surface area contributed by atoms with Crippen LogP contribution in [0.25, 0.3) is 0 Å². The summed E-state index contributed by atoms with van der Waals surface area (Å²) in [6, 6.07) is 13.9. The average molecular weight is 346 g/mol. The minimum Gasteiger partial charge on any atom is -0.362 e. The Kier molecular flexibility index (Phi) is 7.25. The molecule has 0 atom stereocenters. The van der Waals surface area contributed by atoms with Crippen LogP contribution in [0.4, 0.5) is 5.69 Å². The van der Waals surface area contributed by atoms with Crippen LogP contribution in [-0.4, -0.2) is 0 Å². The Morgan fingerprint density at radius 3 is 2.52 bits per heavy atom. The van der Waals surface area contributed by atoms with Crippen molar-refractivity contribution in [3.05, 3.63) is 88.1 Å². The second-order valence-corrected chi connectivity index (χ2v) is 6.17. The number of halogens is 2. The van der Waals surface area contributed by atoms with Gasteiger partial charge in [-0.1, -0.05) is 60.8 Å². The van der Waals surface area contributed by atoms with Crippen LogP contribution in [0.2, 0.25) is 10.0 Å². The van der Waals surface area contributed by atoms with E-state index < -0.39 is 0 Å². The molecule has 23 heavy (non-hydrogen) atoms. The summed E-state index contributed by atoms with van der Waals surface area (Å²) in [5.41, 5.74) is 3.30. The van der Waals surface area contributed by atoms with Gasteiger partial charge in [-0.2, -0.15) is 0 Å². The molecule has 0 saturated heterocycles. The molecule has 2 aromatic rings. The van der Waals surface area contributed by atoms with E-state index in [0.29, 0.717) is 5.02 Å². The Balaban J connectivity index is 1.93. The zero-order valence-corrected chi connectivity index (χ0v) is 14.7. The van der Waals surface area contributed by atoms with Gasteiger partial charge >= 0.3 is 0 Å². The first-order valence-corrected chi connectivity index (χ1v) is 8.55. The molecule has 1 nitrogen and oxygen atoms in total. The molecule has 3 heteroatoms. The molecule has 0 radical (unpaired) electrons. The number of benzene rings is 2. The van der Waals surface area contributed by atoms with Crippen molar-refractivity contribution in [1.29, 1.82) is 0 Å². The predicted molar refractivity (Wildman–Crippen MR) is 103 cm³/mol. The number of unbranched alkanes of at least 4 members (excludes halogenated alkanes) is 1. The van der Waals surface area contributed by atoms with Crippen LogP contribution < -0.4 is 5.32 Å². The SMILES string of the molecule is CCC/C=C/C=C\Nc1ccc(Cc2cc(Cl)ccc2Cl)cc1. The third-order valence-corrected chi connectivity index (χ3v) is 4.01. The molecule has 0 amide bonds. The number of hydrogen-bond acceptors (Lipinski definition) is 1. The van der Waals surface area contributed by atoms with Gasteiger partial charge in [0.2, 0.25) is 0 Å². The summed E-state index contributed by atoms with van der Waals surface area (Å²) in [6.45, 7) is 2.17. The second-order valence-electron chi connectivity index (χ2n) is 5.33. The van der Waals surface area contributed by atoms with Crippen LogP contribution in [0, 0.1) is 0 Å². The summed E-state index contributed by atoms with van der Waals surface area (Å²) in [6.07, 6.45) is 11.2. The Labute approximate surface area is 148 Å². The predicted octanol–water partition coefficient (Wildman–Crippen LogP) is 6.87. The van der Waals surface area contributed by atoms with Gasteiger partial charge in [0.1, 0.15) is 0 Å². The van der Waals surface area contributed by atoms with Crippen molar-refractivity contribution in [3.8, 4) is 0 Å². The van der Waals surface area contributed by atoms with Crippen molar-refractivity contribution in [2.45, 2.75) is 26.2 Å². The van der Waals surface area contributed by atoms with E-state index in [9.17, 15) is 0 Å². The van der Waals surface area contributed by atoms with Gasteiger partial charge in [-0.3, -0.25) is 0 Å². The molecule has 0 heterocycles. The summed E-state index contributed by atoms with van der Waals surface area (Å²) in [5, 5.41) is 4.71. The molecular weight excluding hydrogens is 325 g/mol. The van der Waals surface area contributed by atoms with Crippen molar-refractivity contribution in [2.75, 3.05) is 5.32 Å². The van der Waals surface area contributed by atoms with E-state index in [0.717, 1.165) is 29.1 Å². The highest BCUT2D eigenvalue weighted by Crippen LogP contribution is 2.23. The standard InChI is InChI=1S/C20H21Cl2N/c1-2-3-4-5-6-13-23-19-10-7-16(8-11-19)14-17-15-18(21)9-12-20(17)22/h4-13,15,23H,2-3,14H2,1H3/b5-4+,13-6-. The quantitative estimate of drug-likeness (QED) is 0.540. The first kappa shape index (κ1) is 17.7. The van der Waals surface area contributed by atoms with E-state index in [-0.39, 0.29) is 0 Å². The van der Waals surface area contributed by atoms with Gasteiger partial charge in [0, 0.05) is 21.9 Å². The number of rotatable bonds is 7. The van der Waals surface area contributed by atoms with Gasteiger partial charge < -0.3 is 5.32 Å². The van der Waals surface area contributed by atoms with Crippen molar-refractivity contribution < 1.29 is 0 Å². The molecule has 0 aliphatic carbocycles. The lowest BCUT2D eigenvalue weighted by Gasteiger charge is -2.07. The second kappa shape index (κ2) is 9.44. The number of hydrogen-bond donors (Lipinski definition) is 1. The third kappa shape index (κ3) is 6.13. The van der Waals surface area contributed by atoms with Crippen LogP contribution in [0.3, 0.4) is 0 Å². The largest absolute Gasteiger partial charge is 0.362 e. The molecule has 0 aromatic heterocycles. The average Bonchev–Trinajstić information content (AvgIpc) is 2.56. The third-order valence-electron chi connectivity index (χ3n) is 3.41. The highest BCUT2D eigenvalue weighted by atomic mass is 35.5. The van der Waals surface area contributed by atoms with Crippen LogP contribution in [0.1, 0.15) is 30.9 Å². The van der Waals surface area contributed by atoms with Gasteiger partial charge in [0.15, 0.2) is 0 Å². The van der Waals surface area contributed by atoms with Gasteiger partial charge in [-0.25, -0.2) is 0 Å². The van der Waals surface area contributed by atoms with Crippen LogP contribution in [0.15, 0.2) is 66.9 Å². The Morgan fingerprint density at radius 1 is 1.00 bits per heavy atom. The first-order valence-electron chi connectivity index (χ1n) is 7.80. The maximum absolute atomic E-state index is 6.21. The lowest BCUT2D eigenvalue weighted by atomic mass is 10.0. The normalized spacial score (nSPS) is 11.4. The van der Waals surface area contributed by atoms with Gasteiger partial charge in [0.25, 0.3) is 0 Å². The Hall–Kier alpha value is -1.70. The Bertz CT molecular complexity index is 673. The van der Waals surface area contributed by atoms with Crippen molar-refractivity contribution in [3.63, 3.8) is 0 Å². The van der Waals surface area contributed by atoms with Crippen LogP contribution >= 0.6 is 23.2 Å². The molecule has 0 unspecified atom stereocenters. The summed E-state index contributed by atoms with van der Waals surface area (Å²) >= 11 is 12.2. The lowest BCUT2D eigenvalue weighted by molar-refractivity contribution is 0.959. The van der Waals surface area contributed by atoms with E-state index in [2.05, 4.69) is 48.7 Å². The smallest absolute Gasteiger partial charge is 0.0442 e. The summed E-state index contributed by atoms with van der Waals surface area (Å²) in [4.78, 5) is 0. The Morgan fingerprint density at radius 2 is 1.78 bits per heavy atom. The molecule has 0 spiro atoms. The summed E-state index contributed by atoms with van der Waals surface area (Å²) < 4.78 is 0. The molecule has 1 N–H and O–H groups in total. The number of allylic oxidation sites excluding steroid dienone is 3. The van der Waals surface area contributed by atoms with E-state index in [1.807, 2.05) is 30.5 Å². The highest BCUT2D eigenvalue weighted by Gasteiger charge is 2.03. The van der Waals surface area contributed by atoms with Gasteiger partial charge in [-0.05, 0) is 60.4 Å². The van der Waals surface area contributed by atoms with E-state index in [1.165, 1.54) is 12.0 Å². The van der Waals surface area contributed by atoms with Gasteiger partial charge in [-0.15, -0.1) is 0 Å². The highest BCUT2D eigenvalue weighted by molar-refractivity contribution is 6.33. The number of anilines is 1. The fraction of sp³-hybridized carbons (Fsp3) is 0.200. The molecule has 0 aliphatic rings. The maximum Gasteiger partial charge on any atom is 0.0442 e. The number of nitrogens with one attached hydrogen (secondary N) is 1. The van der Waals surface area contributed by atoms with Crippen molar-refractivity contribution in [1.82, 2.24) is 0 Å². The van der Waals surface area contributed by atoms with Gasteiger partial charge in [0.05, 0.1) is 0 Å². The minimum absolute atomic E-state index is 0.712. The minimum atomic E-state index is 0.712. The molecule has 0 aliphatic heterocycles. The van der Waals surface area contributed by atoms with E-state index >= 15 is 0 Å². The van der Waals surface area contributed by atoms with Crippen molar-refractivity contribution >= 4 is 28.9 Å². The monoisotopic (exact) mass is 345 g/mol. The molecule has 2 aromatic carbocycles. The van der Waals surface area contributed by atoms with Crippen LogP contribution in [0.5, 0.6) is 0 Å². The zero-order valence-electron chi connectivity index (χ0n) is 13.2. The molecule has 0 bridgehead atoms. The van der Waals surface area contributed by atoms with Crippen LogP contribution in [-0.2, 0) is 6.42 Å². The van der Waals surface area contributed by atoms with E-state index in [4.69, 9.17) is 23.2 Å². The van der Waals surface area contributed by atoms with E-state index in [1.54, 1.807) is 0 Å². The first-order chi connectivity index (χ1) is 11.2. The molecule has 0 fully saturated rings. The summed E-state index contributed by atoms with van der Waals surface area (Å²) in [5.74, 6) is 0. The fourth-order valence-corrected chi connectivity index (χ4v) is 2.54. The maximum atomic E-state index is 6.21. The molecule has 120 valence electrons. The molecule has 0 saturated carbocycles. The lowest BCUT2D eigenvalue weighted by Crippen LogP contribution is -1.91. The molecular formula is C20H21Cl2N. The fourth-order valence-electron chi connectivity index (χ4n) is 2.16. The molecule has 2 rings (SSSR count).